The van der Waals surface area contributed by atoms with Gasteiger partial charge in [0.05, 0.1) is 30.2 Å². The Hall–Kier alpha value is -3.68. The second-order valence-corrected chi connectivity index (χ2v) is 9.75. The first-order valence-corrected chi connectivity index (χ1v) is 12.5. The number of likely N-dealkylation sites (tertiary alicyclic amines) is 1. The highest BCUT2D eigenvalue weighted by atomic mass is 16.5. The van der Waals surface area contributed by atoms with Crippen LogP contribution < -0.4 is 9.47 Å². The minimum atomic E-state index is -0.570. The van der Waals surface area contributed by atoms with Gasteiger partial charge in [-0.3, -0.25) is 24.1 Å². The first kappa shape index (κ1) is 24.0. The summed E-state index contributed by atoms with van der Waals surface area (Å²) in [6.45, 7) is 1.48. The van der Waals surface area contributed by atoms with E-state index >= 15 is 0 Å². The van der Waals surface area contributed by atoms with Crippen LogP contribution >= 0.6 is 0 Å². The first-order valence-electron chi connectivity index (χ1n) is 12.5. The zero-order valence-electron chi connectivity index (χ0n) is 20.5. The molecule has 0 radical (unpaired) electrons. The SMILES string of the molecule is COc1ccc2c(c1)OC1(CCN(C(=O)CCCCCN3C(=O)c4ccccc4C3=O)CC1)CC2=O. The number of carbonyl (C=O) groups excluding carboxylic acids is 4. The molecule has 1 fully saturated rings. The number of carbonyl (C=O) groups is 4. The molecule has 1 spiro atoms. The second kappa shape index (κ2) is 9.76. The van der Waals surface area contributed by atoms with Crippen molar-refractivity contribution in [3.8, 4) is 11.5 Å². The van der Waals surface area contributed by atoms with Crippen LogP contribution in [-0.4, -0.2) is 65.6 Å². The number of nitrogens with zero attached hydrogens (tertiary/aromatic N) is 2. The molecule has 3 aliphatic rings. The summed E-state index contributed by atoms with van der Waals surface area (Å²) in [5.74, 6) is 0.890. The molecule has 5 rings (SSSR count). The lowest BCUT2D eigenvalue weighted by Gasteiger charge is -2.44. The van der Waals surface area contributed by atoms with E-state index in [0.29, 0.717) is 86.3 Å². The molecule has 0 aromatic heterocycles. The highest BCUT2D eigenvalue weighted by Gasteiger charge is 2.43. The van der Waals surface area contributed by atoms with Crippen LogP contribution in [0.2, 0.25) is 0 Å². The topological polar surface area (TPSA) is 93.2 Å². The number of methoxy groups -OCH3 is 1. The van der Waals surface area contributed by atoms with Crippen molar-refractivity contribution in [1.82, 2.24) is 9.80 Å². The minimum Gasteiger partial charge on any atom is -0.497 e. The molecule has 0 bridgehead atoms. The molecule has 2 aromatic carbocycles. The molecular weight excluding hydrogens is 460 g/mol. The molecule has 0 aliphatic carbocycles. The van der Waals surface area contributed by atoms with Gasteiger partial charge in [0.15, 0.2) is 5.78 Å². The molecule has 0 N–H and O–H groups in total. The third-order valence-corrected chi connectivity index (χ3v) is 7.48. The minimum absolute atomic E-state index is 0.0664. The Morgan fingerprint density at radius 2 is 1.64 bits per heavy atom. The van der Waals surface area contributed by atoms with Crippen LogP contribution in [0, 0.1) is 0 Å². The maximum Gasteiger partial charge on any atom is 0.261 e. The van der Waals surface area contributed by atoms with Crippen molar-refractivity contribution in [2.24, 2.45) is 0 Å². The zero-order chi connectivity index (χ0) is 25.3. The highest BCUT2D eigenvalue weighted by molar-refractivity contribution is 6.21. The van der Waals surface area contributed by atoms with Crippen LogP contribution in [0.5, 0.6) is 11.5 Å². The van der Waals surface area contributed by atoms with E-state index in [1.807, 2.05) is 4.90 Å². The summed E-state index contributed by atoms with van der Waals surface area (Å²) in [6.07, 6.45) is 4.10. The van der Waals surface area contributed by atoms with E-state index in [0.717, 1.165) is 6.42 Å². The maximum atomic E-state index is 12.8. The fourth-order valence-electron chi connectivity index (χ4n) is 5.37. The van der Waals surface area contributed by atoms with Gasteiger partial charge in [-0.15, -0.1) is 0 Å². The number of fused-ring (bicyclic) bond motifs is 2. The second-order valence-electron chi connectivity index (χ2n) is 9.75. The van der Waals surface area contributed by atoms with E-state index in [1.165, 1.54) is 4.90 Å². The monoisotopic (exact) mass is 490 g/mol. The van der Waals surface area contributed by atoms with Gasteiger partial charge in [0, 0.05) is 45.0 Å². The Bertz CT molecular complexity index is 1180. The van der Waals surface area contributed by atoms with Crippen LogP contribution in [0.1, 0.15) is 76.0 Å². The third-order valence-electron chi connectivity index (χ3n) is 7.48. The number of piperidine rings is 1. The van der Waals surface area contributed by atoms with Crippen molar-refractivity contribution in [1.29, 1.82) is 0 Å². The molecule has 8 nitrogen and oxygen atoms in total. The molecule has 3 aliphatic heterocycles. The molecule has 3 amide bonds. The quantitative estimate of drug-likeness (QED) is 0.432. The largest absolute Gasteiger partial charge is 0.497 e. The summed E-state index contributed by atoms with van der Waals surface area (Å²) >= 11 is 0. The number of amides is 3. The molecular formula is C28H30N2O6. The Kier molecular flexibility index (Phi) is 6.51. The fourth-order valence-corrected chi connectivity index (χ4v) is 5.37. The fraction of sp³-hybridized carbons (Fsp3) is 0.429. The predicted octanol–water partition coefficient (Wildman–Crippen LogP) is 3.88. The van der Waals surface area contributed by atoms with Gasteiger partial charge >= 0.3 is 0 Å². The first-order chi connectivity index (χ1) is 17.4. The Balaban J connectivity index is 1.06. The molecule has 0 atom stereocenters. The van der Waals surface area contributed by atoms with Crippen molar-refractivity contribution >= 4 is 23.5 Å². The number of ketones is 1. The zero-order valence-corrected chi connectivity index (χ0v) is 20.5. The number of hydrogen-bond acceptors (Lipinski definition) is 6. The predicted molar refractivity (Wildman–Crippen MR) is 131 cm³/mol. The lowest BCUT2D eigenvalue weighted by molar-refractivity contribution is -0.134. The maximum absolute atomic E-state index is 12.8. The average Bonchev–Trinajstić information content (AvgIpc) is 3.13. The van der Waals surface area contributed by atoms with Gasteiger partial charge in [-0.25, -0.2) is 0 Å². The van der Waals surface area contributed by atoms with Crippen molar-refractivity contribution in [3.05, 3.63) is 59.2 Å². The number of Topliss-reactive ketones (excluding diaryl/α,β-unsaturated/α-hetero) is 1. The number of hydrogen-bond donors (Lipinski definition) is 0. The number of rotatable bonds is 7. The molecule has 1 saturated heterocycles. The summed E-state index contributed by atoms with van der Waals surface area (Å²) in [7, 11) is 1.58. The van der Waals surface area contributed by atoms with Gasteiger partial charge in [0.1, 0.15) is 17.1 Å². The van der Waals surface area contributed by atoms with E-state index in [4.69, 9.17) is 9.47 Å². The summed E-state index contributed by atoms with van der Waals surface area (Å²) in [5.41, 5.74) is 0.944. The lowest BCUT2D eigenvalue weighted by atomic mass is 9.82. The lowest BCUT2D eigenvalue weighted by Crippen LogP contribution is -2.52. The van der Waals surface area contributed by atoms with Crippen LogP contribution in [0.4, 0.5) is 0 Å². The molecule has 3 heterocycles. The van der Waals surface area contributed by atoms with Crippen molar-refractivity contribution in [2.75, 3.05) is 26.7 Å². The third kappa shape index (κ3) is 4.47. The molecule has 188 valence electrons. The van der Waals surface area contributed by atoms with E-state index in [1.54, 1.807) is 49.6 Å². The summed E-state index contributed by atoms with van der Waals surface area (Å²) in [4.78, 5) is 53.5. The Labute approximate surface area is 210 Å². The van der Waals surface area contributed by atoms with Gasteiger partial charge in [-0.2, -0.15) is 0 Å². The van der Waals surface area contributed by atoms with Gasteiger partial charge in [0.25, 0.3) is 11.8 Å². The standard InChI is InChI=1S/C28H30N2O6/c1-35-19-10-11-22-23(31)18-28(36-24(22)17-19)12-15-29(16-13-28)25(32)9-3-2-6-14-30-26(33)20-7-4-5-8-21(20)27(30)34/h4-5,7-8,10-11,17H,2-3,6,9,12-16,18H2,1H3. The van der Waals surface area contributed by atoms with Crippen LogP contribution in [0.25, 0.3) is 0 Å². The van der Waals surface area contributed by atoms with Crippen LogP contribution in [0.15, 0.2) is 42.5 Å². The van der Waals surface area contributed by atoms with Gasteiger partial charge in [-0.1, -0.05) is 18.6 Å². The molecule has 2 aromatic rings. The van der Waals surface area contributed by atoms with E-state index < -0.39 is 5.60 Å². The molecule has 8 heteroatoms. The van der Waals surface area contributed by atoms with Gasteiger partial charge in [0.2, 0.25) is 5.91 Å². The number of unbranched alkanes of at least 4 members (excludes halogenated alkanes) is 2. The molecule has 0 unspecified atom stereocenters. The van der Waals surface area contributed by atoms with Crippen LogP contribution in [-0.2, 0) is 4.79 Å². The van der Waals surface area contributed by atoms with Crippen molar-refractivity contribution in [2.45, 2.75) is 50.5 Å². The molecule has 0 saturated carbocycles. The van der Waals surface area contributed by atoms with Crippen LogP contribution in [0.3, 0.4) is 0 Å². The highest BCUT2D eigenvalue weighted by Crippen LogP contribution is 2.40. The smallest absolute Gasteiger partial charge is 0.261 e. The summed E-state index contributed by atoms with van der Waals surface area (Å²) < 4.78 is 11.6. The number of ether oxygens (including phenoxy) is 2. The normalized spacial score (nSPS) is 18.2. The summed E-state index contributed by atoms with van der Waals surface area (Å²) in [5, 5.41) is 0. The average molecular weight is 491 g/mol. The Morgan fingerprint density at radius 1 is 0.944 bits per heavy atom. The van der Waals surface area contributed by atoms with Crippen molar-refractivity contribution < 1.29 is 28.7 Å². The molecule has 36 heavy (non-hydrogen) atoms. The van der Waals surface area contributed by atoms with Gasteiger partial charge in [-0.05, 0) is 37.1 Å². The van der Waals surface area contributed by atoms with Gasteiger partial charge < -0.3 is 14.4 Å². The van der Waals surface area contributed by atoms with Crippen molar-refractivity contribution in [3.63, 3.8) is 0 Å². The van der Waals surface area contributed by atoms with E-state index in [2.05, 4.69) is 0 Å². The number of imide groups is 1. The van der Waals surface area contributed by atoms with E-state index in [-0.39, 0.29) is 23.5 Å². The Morgan fingerprint density at radius 3 is 2.31 bits per heavy atom. The van der Waals surface area contributed by atoms with E-state index in [9.17, 15) is 19.2 Å². The number of benzene rings is 2. The summed E-state index contributed by atoms with van der Waals surface area (Å²) in [6, 6.07) is 12.1.